The van der Waals surface area contributed by atoms with Crippen molar-refractivity contribution in [1.29, 1.82) is 0 Å². The Hall–Kier alpha value is -1.14. The SMILES string of the molecule is CCN(C(C)C)S(=O)(=O)c1c(N)cccc1F. The molecule has 1 aromatic rings. The van der Waals surface area contributed by atoms with Gasteiger partial charge in [-0.25, -0.2) is 12.8 Å². The Morgan fingerprint density at radius 2 is 2.00 bits per heavy atom. The Bertz CT molecular complexity index is 480. The summed E-state index contributed by atoms with van der Waals surface area (Å²) in [5.41, 5.74) is 5.49. The minimum atomic E-state index is -3.88. The molecular formula is C11H17FN2O2S. The number of hydrogen-bond donors (Lipinski definition) is 1. The fourth-order valence-corrected chi connectivity index (χ4v) is 3.54. The van der Waals surface area contributed by atoms with Crippen molar-refractivity contribution in [2.75, 3.05) is 12.3 Å². The van der Waals surface area contributed by atoms with Crippen LogP contribution in [-0.4, -0.2) is 25.3 Å². The first kappa shape index (κ1) is 13.9. The molecule has 0 aromatic heterocycles. The molecule has 0 spiro atoms. The molecule has 4 nitrogen and oxygen atoms in total. The van der Waals surface area contributed by atoms with E-state index in [9.17, 15) is 12.8 Å². The number of nitrogens with zero attached hydrogens (tertiary/aromatic N) is 1. The van der Waals surface area contributed by atoms with Gasteiger partial charge in [0.1, 0.15) is 10.7 Å². The molecule has 0 unspecified atom stereocenters. The number of hydrogen-bond acceptors (Lipinski definition) is 3. The van der Waals surface area contributed by atoms with Crippen LogP contribution >= 0.6 is 0 Å². The molecule has 0 aliphatic rings. The van der Waals surface area contributed by atoms with Crippen LogP contribution < -0.4 is 5.73 Å². The van der Waals surface area contributed by atoms with Gasteiger partial charge in [-0.2, -0.15) is 4.31 Å². The zero-order valence-electron chi connectivity index (χ0n) is 10.1. The average molecular weight is 260 g/mol. The van der Waals surface area contributed by atoms with Crippen LogP contribution in [0.4, 0.5) is 10.1 Å². The highest BCUT2D eigenvalue weighted by Crippen LogP contribution is 2.26. The zero-order valence-corrected chi connectivity index (χ0v) is 11.0. The molecule has 1 aromatic carbocycles. The molecular weight excluding hydrogens is 243 g/mol. The van der Waals surface area contributed by atoms with E-state index < -0.39 is 20.7 Å². The van der Waals surface area contributed by atoms with Crippen LogP contribution in [-0.2, 0) is 10.0 Å². The number of sulfonamides is 1. The largest absolute Gasteiger partial charge is 0.398 e. The summed E-state index contributed by atoms with van der Waals surface area (Å²) in [5.74, 6) is -0.816. The van der Waals surface area contributed by atoms with Crippen LogP contribution in [0.5, 0.6) is 0 Å². The van der Waals surface area contributed by atoms with Gasteiger partial charge >= 0.3 is 0 Å². The van der Waals surface area contributed by atoms with Crippen molar-refractivity contribution in [3.63, 3.8) is 0 Å². The summed E-state index contributed by atoms with van der Waals surface area (Å²) in [6, 6.07) is 3.61. The lowest BCUT2D eigenvalue weighted by Gasteiger charge is -2.25. The lowest BCUT2D eigenvalue weighted by molar-refractivity contribution is 0.367. The molecule has 0 aliphatic heterocycles. The highest BCUT2D eigenvalue weighted by molar-refractivity contribution is 7.89. The summed E-state index contributed by atoms with van der Waals surface area (Å²) >= 11 is 0. The molecule has 0 atom stereocenters. The van der Waals surface area contributed by atoms with Gasteiger partial charge in [0.15, 0.2) is 0 Å². The normalized spacial score (nSPS) is 12.4. The van der Waals surface area contributed by atoms with Crippen molar-refractivity contribution in [2.45, 2.75) is 31.7 Å². The van der Waals surface area contributed by atoms with E-state index >= 15 is 0 Å². The zero-order chi connectivity index (χ0) is 13.2. The molecule has 0 radical (unpaired) electrons. The summed E-state index contributed by atoms with van der Waals surface area (Å²) in [6.45, 7) is 5.44. The van der Waals surface area contributed by atoms with E-state index in [0.29, 0.717) is 0 Å². The molecule has 0 saturated heterocycles. The lowest BCUT2D eigenvalue weighted by Crippen LogP contribution is -2.37. The second kappa shape index (κ2) is 5.01. The smallest absolute Gasteiger partial charge is 0.248 e. The molecule has 0 amide bonds. The number of rotatable bonds is 4. The molecule has 0 saturated carbocycles. The number of nitrogen functional groups attached to an aromatic ring is 1. The van der Waals surface area contributed by atoms with Crippen molar-refractivity contribution >= 4 is 15.7 Å². The third-order valence-corrected chi connectivity index (χ3v) is 4.70. The van der Waals surface area contributed by atoms with E-state index in [4.69, 9.17) is 5.73 Å². The maximum absolute atomic E-state index is 13.6. The highest BCUT2D eigenvalue weighted by Gasteiger charge is 2.30. The van der Waals surface area contributed by atoms with Gasteiger partial charge in [-0.05, 0) is 26.0 Å². The standard InChI is InChI=1S/C11H17FN2O2S/c1-4-14(8(2)3)17(15,16)11-9(12)6-5-7-10(11)13/h5-8H,4,13H2,1-3H3. The Labute approximate surface area is 101 Å². The third-order valence-electron chi connectivity index (χ3n) is 2.45. The van der Waals surface area contributed by atoms with Gasteiger partial charge < -0.3 is 5.73 Å². The first-order valence-corrected chi connectivity index (χ1v) is 6.82. The molecule has 2 N–H and O–H groups in total. The van der Waals surface area contributed by atoms with Crippen molar-refractivity contribution in [3.8, 4) is 0 Å². The average Bonchev–Trinajstić information content (AvgIpc) is 2.16. The van der Waals surface area contributed by atoms with Gasteiger partial charge in [0, 0.05) is 12.6 Å². The van der Waals surface area contributed by atoms with E-state index in [-0.39, 0.29) is 18.3 Å². The first-order valence-electron chi connectivity index (χ1n) is 5.38. The Morgan fingerprint density at radius 3 is 2.41 bits per heavy atom. The molecule has 0 aliphatic carbocycles. The summed E-state index contributed by atoms with van der Waals surface area (Å²) < 4.78 is 39.3. The molecule has 17 heavy (non-hydrogen) atoms. The van der Waals surface area contributed by atoms with Gasteiger partial charge in [0.05, 0.1) is 5.69 Å². The second-order valence-corrected chi connectivity index (χ2v) is 5.79. The van der Waals surface area contributed by atoms with Crippen LogP contribution in [0.2, 0.25) is 0 Å². The van der Waals surface area contributed by atoms with Gasteiger partial charge in [-0.1, -0.05) is 13.0 Å². The van der Waals surface area contributed by atoms with Crippen LogP contribution in [0, 0.1) is 5.82 Å². The lowest BCUT2D eigenvalue weighted by atomic mass is 10.3. The number of benzene rings is 1. The summed E-state index contributed by atoms with van der Waals surface area (Å²) in [5, 5.41) is 0. The topological polar surface area (TPSA) is 63.4 Å². The van der Waals surface area contributed by atoms with Crippen molar-refractivity contribution in [1.82, 2.24) is 4.31 Å². The van der Waals surface area contributed by atoms with E-state index in [1.165, 1.54) is 16.4 Å². The van der Waals surface area contributed by atoms with Crippen LogP contribution in [0.15, 0.2) is 23.1 Å². The molecule has 0 fully saturated rings. The van der Waals surface area contributed by atoms with Gasteiger partial charge in [-0.3, -0.25) is 0 Å². The van der Waals surface area contributed by atoms with Crippen molar-refractivity contribution in [3.05, 3.63) is 24.0 Å². The second-order valence-electron chi connectivity index (χ2n) is 3.96. The fraction of sp³-hybridized carbons (Fsp3) is 0.455. The molecule has 0 heterocycles. The quantitative estimate of drug-likeness (QED) is 0.840. The van der Waals surface area contributed by atoms with E-state index in [1.54, 1.807) is 20.8 Å². The maximum atomic E-state index is 13.6. The highest BCUT2D eigenvalue weighted by atomic mass is 32.2. The number of nitrogens with two attached hydrogens (primary N) is 1. The van der Waals surface area contributed by atoms with E-state index in [2.05, 4.69) is 0 Å². The minimum absolute atomic E-state index is 0.0656. The summed E-state index contributed by atoms with van der Waals surface area (Å²) in [7, 11) is -3.88. The summed E-state index contributed by atoms with van der Waals surface area (Å²) in [6.07, 6.45) is 0. The number of anilines is 1. The monoisotopic (exact) mass is 260 g/mol. The van der Waals surface area contributed by atoms with E-state index in [0.717, 1.165) is 6.07 Å². The molecule has 1 rings (SSSR count). The van der Waals surface area contributed by atoms with Gasteiger partial charge in [0.25, 0.3) is 0 Å². The van der Waals surface area contributed by atoms with Crippen molar-refractivity contribution in [2.24, 2.45) is 0 Å². The van der Waals surface area contributed by atoms with Crippen LogP contribution in [0.25, 0.3) is 0 Å². The maximum Gasteiger partial charge on any atom is 0.248 e. The Balaban J connectivity index is 3.41. The Kier molecular flexibility index (Phi) is 4.11. The molecule has 6 heteroatoms. The predicted octanol–water partition coefficient (Wildman–Crippen LogP) is 1.83. The summed E-state index contributed by atoms with van der Waals surface area (Å²) in [4.78, 5) is -0.435. The number of halogens is 1. The third kappa shape index (κ3) is 2.58. The van der Waals surface area contributed by atoms with Gasteiger partial charge in [0.2, 0.25) is 10.0 Å². The molecule has 0 bridgehead atoms. The predicted molar refractivity (Wildman–Crippen MR) is 65.5 cm³/mol. The molecule has 96 valence electrons. The van der Waals surface area contributed by atoms with E-state index in [1.807, 2.05) is 0 Å². The minimum Gasteiger partial charge on any atom is -0.398 e. The van der Waals surface area contributed by atoms with Crippen molar-refractivity contribution < 1.29 is 12.8 Å². The fourth-order valence-electron chi connectivity index (χ4n) is 1.73. The first-order chi connectivity index (χ1) is 7.82. The van der Waals surface area contributed by atoms with Crippen LogP contribution in [0.3, 0.4) is 0 Å². The van der Waals surface area contributed by atoms with Gasteiger partial charge in [-0.15, -0.1) is 0 Å². The Morgan fingerprint density at radius 1 is 1.41 bits per heavy atom. The van der Waals surface area contributed by atoms with Crippen LogP contribution in [0.1, 0.15) is 20.8 Å².